The van der Waals surface area contributed by atoms with Gasteiger partial charge in [0, 0.05) is 12.8 Å². The number of aliphatic carboxylic acids is 1. The molecule has 0 radical (unpaired) electrons. The van der Waals surface area contributed by atoms with E-state index in [0.717, 1.165) is 70.6 Å². The average molecular weight is 658 g/mol. The molecule has 0 rings (SSSR count). The molecule has 0 bridgehead atoms. The first kappa shape index (κ1) is 42.4. The van der Waals surface area contributed by atoms with Gasteiger partial charge in [0.05, 0.1) is 13.2 Å². The fourth-order valence-corrected chi connectivity index (χ4v) is 4.60. The summed E-state index contributed by atoms with van der Waals surface area (Å²) in [6, 6.07) is -1.55. The zero-order valence-corrected chi connectivity index (χ0v) is 28.0. The SMILES string of the molecule is CC/C=C\C/C=C\C/C=C\C/C=C\CCCCC(=O)OCC(O)COP(=O)(O)OCC(NC(=O)CCCCCCCC)C(=O)O. The van der Waals surface area contributed by atoms with Gasteiger partial charge in [-0.15, -0.1) is 0 Å². The lowest BCUT2D eigenvalue weighted by Crippen LogP contribution is -2.43. The van der Waals surface area contributed by atoms with Gasteiger partial charge in [0.2, 0.25) is 5.91 Å². The number of aliphatic hydroxyl groups excluding tert-OH is 1. The van der Waals surface area contributed by atoms with Gasteiger partial charge in [-0.25, -0.2) is 9.36 Å². The topological polar surface area (TPSA) is 169 Å². The Kier molecular flexibility index (Phi) is 27.2. The van der Waals surface area contributed by atoms with Gasteiger partial charge in [-0.05, 0) is 51.4 Å². The van der Waals surface area contributed by atoms with E-state index < -0.39 is 57.6 Å². The van der Waals surface area contributed by atoms with Gasteiger partial charge in [-0.2, -0.15) is 0 Å². The number of hydrogen-bond acceptors (Lipinski definition) is 8. The highest BCUT2D eigenvalue weighted by Crippen LogP contribution is 2.43. The van der Waals surface area contributed by atoms with Crippen molar-refractivity contribution in [1.29, 1.82) is 0 Å². The van der Waals surface area contributed by atoms with Gasteiger partial charge in [0.15, 0.2) is 6.04 Å². The summed E-state index contributed by atoms with van der Waals surface area (Å²) in [6.45, 7) is 2.29. The number of allylic oxidation sites excluding steroid dienone is 8. The Balaban J connectivity index is 4.06. The molecule has 3 atom stereocenters. The smallest absolute Gasteiger partial charge is 0.472 e. The predicted molar refractivity (Wildman–Crippen MR) is 175 cm³/mol. The highest BCUT2D eigenvalue weighted by atomic mass is 31.2. The van der Waals surface area contributed by atoms with E-state index in [1.807, 2.05) is 0 Å². The van der Waals surface area contributed by atoms with Crippen LogP contribution in [0.15, 0.2) is 48.6 Å². The van der Waals surface area contributed by atoms with Crippen molar-refractivity contribution in [3.63, 3.8) is 0 Å². The number of nitrogens with one attached hydrogen (secondary N) is 1. The van der Waals surface area contributed by atoms with Gasteiger partial charge in [0.1, 0.15) is 12.7 Å². The molecule has 45 heavy (non-hydrogen) atoms. The normalized spacial score (nSPS) is 14.8. The maximum Gasteiger partial charge on any atom is 0.472 e. The minimum Gasteiger partial charge on any atom is -0.480 e. The second kappa shape index (κ2) is 28.9. The molecule has 0 aliphatic carbocycles. The number of carbonyl (C=O) groups excluding carboxylic acids is 2. The molecule has 3 unspecified atom stereocenters. The third-order valence-electron chi connectivity index (χ3n) is 6.38. The van der Waals surface area contributed by atoms with E-state index in [1.54, 1.807) is 0 Å². The third kappa shape index (κ3) is 28.6. The van der Waals surface area contributed by atoms with Crippen LogP contribution in [0.1, 0.15) is 110 Å². The number of phosphoric acid groups is 1. The Morgan fingerprint density at radius 1 is 0.733 bits per heavy atom. The van der Waals surface area contributed by atoms with E-state index in [9.17, 15) is 34.1 Å². The molecular formula is C33H56NO10P. The van der Waals surface area contributed by atoms with Crippen molar-refractivity contribution in [2.45, 2.75) is 122 Å². The number of hydrogen-bond donors (Lipinski definition) is 4. The molecule has 12 heteroatoms. The van der Waals surface area contributed by atoms with Crippen LogP contribution in [0.3, 0.4) is 0 Å². The standard InChI is InChI=1S/C33H56NO10P/c1-3-5-7-9-11-12-13-14-15-16-17-18-19-21-23-25-32(37)42-26-29(35)27-43-45(40,41)44-28-30(33(38)39)34-31(36)24-22-20-10-8-6-4-2/h5,7,11-12,14-15,17-18,29-30,35H,3-4,6,8-10,13,16,19-28H2,1-2H3,(H,34,36)(H,38,39)(H,40,41)/b7-5-,12-11-,15-14-,18-17-. The molecule has 1 amide bonds. The number of carboxylic acids is 1. The predicted octanol–water partition coefficient (Wildman–Crippen LogP) is 6.71. The first-order valence-corrected chi connectivity index (χ1v) is 17.7. The summed E-state index contributed by atoms with van der Waals surface area (Å²) in [5, 5.41) is 21.5. The summed E-state index contributed by atoms with van der Waals surface area (Å²) in [6.07, 6.45) is 27.7. The number of ether oxygens (including phenoxy) is 1. The first-order valence-electron chi connectivity index (χ1n) is 16.2. The van der Waals surface area contributed by atoms with Crippen LogP contribution in [0.25, 0.3) is 0 Å². The number of carbonyl (C=O) groups is 3. The Bertz CT molecular complexity index is 963. The molecule has 0 heterocycles. The van der Waals surface area contributed by atoms with E-state index in [4.69, 9.17) is 9.26 Å². The van der Waals surface area contributed by atoms with Crippen molar-refractivity contribution in [3.05, 3.63) is 48.6 Å². The highest BCUT2D eigenvalue weighted by molar-refractivity contribution is 7.47. The highest BCUT2D eigenvalue weighted by Gasteiger charge is 2.28. The zero-order valence-electron chi connectivity index (χ0n) is 27.1. The second-order valence-electron chi connectivity index (χ2n) is 10.6. The molecule has 11 nitrogen and oxygen atoms in total. The van der Waals surface area contributed by atoms with Crippen LogP contribution in [0.5, 0.6) is 0 Å². The van der Waals surface area contributed by atoms with Gasteiger partial charge in [-0.1, -0.05) is 94.6 Å². The molecule has 0 aliphatic heterocycles. The molecule has 0 aliphatic rings. The van der Waals surface area contributed by atoms with E-state index in [-0.39, 0.29) is 12.8 Å². The van der Waals surface area contributed by atoms with Gasteiger partial charge >= 0.3 is 19.8 Å². The van der Waals surface area contributed by atoms with Crippen molar-refractivity contribution >= 4 is 25.7 Å². The van der Waals surface area contributed by atoms with Crippen molar-refractivity contribution in [3.8, 4) is 0 Å². The Morgan fingerprint density at radius 2 is 1.29 bits per heavy atom. The molecule has 258 valence electrons. The third-order valence-corrected chi connectivity index (χ3v) is 7.33. The van der Waals surface area contributed by atoms with E-state index >= 15 is 0 Å². The van der Waals surface area contributed by atoms with Crippen LogP contribution in [0, 0.1) is 0 Å². The summed E-state index contributed by atoms with van der Waals surface area (Å²) in [7, 11) is -4.74. The van der Waals surface area contributed by atoms with Gasteiger partial charge in [0.25, 0.3) is 0 Å². The lowest BCUT2D eigenvalue weighted by Gasteiger charge is -2.18. The lowest BCUT2D eigenvalue weighted by atomic mass is 10.1. The van der Waals surface area contributed by atoms with Crippen molar-refractivity contribution in [2.24, 2.45) is 0 Å². The molecule has 0 aromatic carbocycles. The number of carboxylic acid groups (broad SMARTS) is 1. The van der Waals surface area contributed by atoms with Gasteiger partial charge < -0.3 is 25.2 Å². The Labute approximate surface area is 269 Å². The maximum atomic E-state index is 12.1. The average Bonchev–Trinajstić information content (AvgIpc) is 3.00. The fraction of sp³-hybridized carbons (Fsp3) is 0.667. The number of rotatable bonds is 29. The summed E-state index contributed by atoms with van der Waals surface area (Å²) in [5.74, 6) is -2.44. The fourth-order valence-electron chi connectivity index (χ4n) is 3.83. The minimum absolute atomic E-state index is 0.138. The van der Waals surface area contributed by atoms with Crippen LogP contribution >= 0.6 is 7.82 Å². The van der Waals surface area contributed by atoms with Crippen molar-refractivity contribution < 1.29 is 47.8 Å². The molecule has 0 saturated heterocycles. The number of esters is 1. The maximum absolute atomic E-state index is 12.1. The quantitative estimate of drug-likeness (QED) is 0.0294. The summed E-state index contributed by atoms with van der Waals surface area (Å²) in [5.41, 5.74) is 0. The molecule has 0 aromatic rings. The molecule has 0 fully saturated rings. The molecule has 0 saturated carbocycles. The number of unbranched alkanes of at least 4 members (excludes halogenated alkanes) is 7. The molecule has 4 N–H and O–H groups in total. The van der Waals surface area contributed by atoms with Crippen LogP contribution in [0.2, 0.25) is 0 Å². The first-order chi connectivity index (χ1) is 21.6. The van der Waals surface area contributed by atoms with E-state index in [1.165, 1.54) is 0 Å². The van der Waals surface area contributed by atoms with Crippen LogP contribution < -0.4 is 5.32 Å². The molecule has 0 spiro atoms. The molecule has 0 aromatic heterocycles. The molecular weight excluding hydrogens is 601 g/mol. The van der Waals surface area contributed by atoms with Crippen LogP contribution in [-0.4, -0.2) is 64.9 Å². The summed E-state index contributed by atoms with van der Waals surface area (Å²) >= 11 is 0. The second-order valence-corrected chi connectivity index (χ2v) is 12.1. The minimum atomic E-state index is -4.74. The van der Waals surface area contributed by atoms with Crippen molar-refractivity contribution in [2.75, 3.05) is 19.8 Å². The number of aliphatic hydroxyl groups is 1. The van der Waals surface area contributed by atoms with E-state index in [2.05, 4.69) is 72.3 Å². The zero-order chi connectivity index (χ0) is 33.6. The van der Waals surface area contributed by atoms with Gasteiger partial charge in [-0.3, -0.25) is 18.6 Å². The lowest BCUT2D eigenvalue weighted by molar-refractivity contribution is -0.147. The van der Waals surface area contributed by atoms with Crippen LogP contribution in [-0.2, 0) is 32.7 Å². The number of phosphoric ester groups is 1. The Morgan fingerprint density at radius 3 is 1.91 bits per heavy atom. The van der Waals surface area contributed by atoms with Crippen molar-refractivity contribution in [1.82, 2.24) is 5.32 Å². The summed E-state index contributed by atoms with van der Waals surface area (Å²) in [4.78, 5) is 45.2. The number of amides is 1. The van der Waals surface area contributed by atoms with Crippen LogP contribution in [0.4, 0.5) is 0 Å². The van der Waals surface area contributed by atoms with E-state index in [0.29, 0.717) is 12.8 Å². The largest absolute Gasteiger partial charge is 0.480 e. The Hall–Kier alpha value is -2.56. The monoisotopic (exact) mass is 657 g/mol. The summed E-state index contributed by atoms with van der Waals surface area (Å²) < 4.78 is 26.5.